The molecule has 0 unspecified atom stereocenters. The Morgan fingerprint density at radius 3 is 2.47 bits per heavy atom. The molecule has 0 aliphatic heterocycles. The summed E-state index contributed by atoms with van der Waals surface area (Å²) in [5, 5.41) is 3.09. The van der Waals surface area contributed by atoms with Gasteiger partial charge in [-0.3, -0.25) is 0 Å². The fourth-order valence-corrected chi connectivity index (χ4v) is 1.20. The molecule has 7 nitrogen and oxygen atoms in total. The van der Waals surface area contributed by atoms with E-state index in [1.54, 1.807) is 7.11 Å². The average Bonchev–Trinajstić information content (AvgIpc) is 2.36. The number of anilines is 1. The highest BCUT2D eigenvalue weighted by atomic mass is 16.5. The topological polar surface area (TPSA) is 78.4 Å². The van der Waals surface area contributed by atoms with Crippen LogP contribution < -0.4 is 14.8 Å². The first-order chi connectivity index (χ1) is 9.15. The maximum atomic E-state index is 5.47. The summed E-state index contributed by atoms with van der Waals surface area (Å²) < 4.78 is 15.8. The number of hydrogen-bond acceptors (Lipinski definition) is 7. The van der Waals surface area contributed by atoms with Crippen molar-refractivity contribution >= 4 is 5.95 Å². The van der Waals surface area contributed by atoms with Crippen LogP contribution in [0, 0.1) is 0 Å². The largest absolute Gasteiger partial charge is 0.461 e. The van der Waals surface area contributed by atoms with E-state index in [1.807, 2.05) is 13.8 Å². The maximum Gasteiger partial charge on any atom is 0.324 e. The van der Waals surface area contributed by atoms with Gasteiger partial charge in [0.05, 0.1) is 12.7 Å². The molecule has 7 heteroatoms. The normalized spacial score (nSPS) is 10.6. The van der Waals surface area contributed by atoms with Gasteiger partial charge in [-0.1, -0.05) is 6.92 Å². The van der Waals surface area contributed by atoms with Crippen LogP contribution in [0.25, 0.3) is 0 Å². The summed E-state index contributed by atoms with van der Waals surface area (Å²) in [7, 11) is 1.61. The molecule has 1 heterocycles. The Kier molecular flexibility index (Phi) is 6.88. The Morgan fingerprint density at radius 2 is 1.84 bits per heavy atom. The third kappa shape index (κ3) is 6.19. The molecule has 0 aromatic carbocycles. The molecule has 0 bridgehead atoms. The van der Waals surface area contributed by atoms with Gasteiger partial charge in [-0.05, 0) is 20.3 Å². The van der Waals surface area contributed by atoms with Crippen molar-refractivity contribution in [1.29, 1.82) is 0 Å². The zero-order valence-corrected chi connectivity index (χ0v) is 12.0. The van der Waals surface area contributed by atoms with Gasteiger partial charge in [0.25, 0.3) is 0 Å². The van der Waals surface area contributed by atoms with Gasteiger partial charge in [0.15, 0.2) is 0 Å². The molecular formula is C12H22N4O3. The molecule has 1 N–H and O–H groups in total. The van der Waals surface area contributed by atoms with E-state index in [2.05, 4.69) is 27.2 Å². The number of nitrogens with zero attached hydrogens (tertiary/aromatic N) is 3. The summed E-state index contributed by atoms with van der Waals surface area (Å²) in [5.74, 6) is 0.458. The number of aromatic nitrogens is 3. The predicted octanol–water partition coefficient (Wildman–Crippen LogP) is 1.51. The Labute approximate surface area is 113 Å². The van der Waals surface area contributed by atoms with Crippen molar-refractivity contribution in [2.75, 3.05) is 32.2 Å². The molecule has 1 aromatic rings. The third-order valence-corrected chi connectivity index (χ3v) is 1.99. The summed E-state index contributed by atoms with van der Waals surface area (Å²) in [5.41, 5.74) is 0. The molecule has 1 rings (SSSR count). The van der Waals surface area contributed by atoms with Crippen LogP contribution in [0.4, 0.5) is 5.95 Å². The van der Waals surface area contributed by atoms with Gasteiger partial charge in [0.1, 0.15) is 6.61 Å². The lowest BCUT2D eigenvalue weighted by Crippen LogP contribution is -2.14. The third-order valence-electron chi connectivity index (χ3n) is 1.99. The SMILES string of the molecule is CCCNc1nc(OCCOC)nc(OC(C)C)n1. The van der Waals surface area contributed by atoms with E-state index >= 15 is 0 Å². The molecule has 1 aromatic heterocycles. The number of nitrogens with one attached hydrogen (secondary N) is 1. The highest BCUT2D eigenvalue weighted by Crippen LogP contribution is 2.14. The van der Waals surface area contributed by atoms with Crippen LogP contribution in [-0.4, -0.2) is 47.9 Å². The Bertz CT molecular complexity index is 374. The van der Waals surface area contributed by atoms with Crippen LogP contribution in [0.3, 0.4) is 0 Å². The van der Waals surface area contributed by atoms with Crippen molar-refractivity contribution < 1.29 is 14.2 Å². The van der Waals surface area contributed by atoms with Crippen LogP contribution in [0.2, 0.25) is 0 Å². The first-order valence-corrected chi connectivity index (χ1v) is 6.44. The van der Waals surface area contributed by atoms with Crippen molar-refractivity contribution in [3.8, 4) is 12.0 Å². The summed E-state index contributed by atoms with van der Waals surface area (Å²) in [6.45, 7) is 7.53. The lowest BCUT2D eigenvalue weighted by molar-refractivity contribution is 0.138. The van der Waals surface area contributed by atoms with Crippen molar-refractivity contribution in [2.45, 2.75) is 33.3 Å². The van der Waals surface area contributed by atoms with Gasteiger partial charge in [0, 0.05) is 13.7 Å². The number of methoxy groups -OCH3 is 1. The molecular weight excluding hydrogens is 248 g/mol. The molecule has 0 radical (unpaired) electrons. The van der Waals surface area contributed by atoms with Gasteiger partial charge in [-0.15, -0.1) is 4.98 Å². The highest BCUT2D eigenvalue weighted by molar-refractivity contribution is 5.27. The van der Waals surface area contributed by atoms with Crippen LogP contribution in [-0.2, 0) is 4.74 Å². The van der Waals surface area contributed by atoms with E-state index in [4.69, 9.17) is 14.2 Å². The van der Waals surface area contributed by atoms with E-state index in [1.165, 1.54) is 0 Å². The first kappa shape index (κ1) is 15.4. The zero-order chi connectivity index (χ0) is 14.1. The van der Waals surface area contributed by atoms with Crippen LogP contribution >= 0.6 is 0 Å². The van der Waals surface area contributed by atoms with Gasteiger partial charge < -0.3 is 19.5 Å². The van der Waals surface area contributed by atoms with E-state index in [0.29, 0.717) is 19.2 Å². The second kappa shape index (κ2) is 8.47. The summed E-state index contributed by atoms with van der Waals surface area (Å²) >= 11 is 0. The molecule has 0 atom stereocenters. The van der Waals surface area contributed by atoms with Crippen LogP contribution in [0.1, 0.15) is 27.2 Å². The summed E-state index contributed by atoms with van der Waals surface area (Å²) in [6, 6.07) is 0.498. The standard InChI is InChI=1S/C12H22N4O3/c1-5-6-13-10-14-11(18-8-7-17-4)16-12(15-10)19-9(2)3/h9H,5-8H2,1-4H3,(H,13,14,15,16). The lowest BCUT2D eigenvalue weighted by Gasteiger charge is -2.11. The molecule has 0 saturated heterocycles. The van der Waals surface area contributed by atoms with E-state index < -0.39 is 0 Å². The second-order valence-corrected chi connectivity index (χ2v) is 4.16. The monoisotopic (exact) mass is 270 g/mol. The molecule has 0 saturated carbocycles. The van der Waals surface area contributed by atoms with Gasteiger partial charge in [0.2, 0.25) is 5.95 Å². The Balaban J connectivity index is 2.75. The van der Waals surface area contributed by atoms with Crippen molar-refractivity contribution in [1.82, 2.24) is 15.0 Å². The van der Waals surface area contributed by atoms with Gasteiger partial charge in [-0.25, -0.2) is 0 Å². The molecule has 19 heavy (non-hydrogen) atoms. The molecule has 0 fully saturated rings. The second-order valence-electron chi connectivity index (χ2n) is 4.16. The van der Waals surface area contributed by atoms with E-state index in [-0.39, 0.29) is 18.1 Å². The van der Waals surface area contributed by atoms with Crippen molar-refractivity contribution in [3.63, 3.8) is 0 Å². The minimum Gasteiger partial charge on any atom is -0.461 e. The average molecular weight is 270 g/mol. The number of rotatable bonds is 9. The molecule has 0 spiro atoms. The minimum atomic E-state index is -0.00625. The molecule has 0 aliphatic carbocycles. The highest BCUT2D eigenvalue weighted by Gasteiger charge is 2.09. The van der Waals surface area contributed by atoms with E-state index in [9.17, 15) is 0 Å². The Morgan fingerprint density at radius 1 is 1.11 bits per heavy atom. The van der Waals surface area contributed by atoms with Gasteiger partial charge >= 0.3 is 12.0 Å². The molecule has 0 amide bonds. The maximum absolute atomic E-state index is 5.47. The van der Waals surface area contributed by atoms with Crippen LogP contribution in [0.5, 0.6) is 12.0 Å². The van der Waals surface area contributed by atoms with Crippen LogP contribution in [0.15, 0.2) is 0 Å². The fourth-order valence-electron chi connectivity index (χ4n) is 1.20. The lowest BCUT2D eigenvalue weighted by atomic mass is 10.5. The quantitative estimate of drug-likeness (QED) is 0.681. The smallest absolute Gasteiger partial charge is 0.324 e. The fraction of sp³-hybridized carbons (Fsp3) is 0.750. The zero-order valence-electron chi connectivity index (χ0n) is 12.0. The Hall–Kier alpha value is -1.63. The predicted molar refractivity (Wildman–Crippen MR) is 71.7 cm³/mol. The number of ether oxygens (including phenoxy) is 3. The number of hydrogen-bond donors (Lipinski definition) is 1. The van der Waals surface area contributed by atoms with E-state index in [0.717, 1.165) is 13.0 Å². The molecule has 108 valence electrons. The minimum absolute atomic E-state index is 0.00625. The first-order valence-electron chi connectivity index (χ1n) is 6.44. The summed E-state index contributed by atoms with van der Waals surface area (Å²) in [4.78, 5) is 12.4. The summed E-state index contributed by atoms with van der Waals surface area (Å²) in [6.07, 6.45) is 0.972. The van der Waals surface area contributed by atoms with Gasteiger partial charge in [-0.2, -0.15) is 9.97 Å². The van der Waals surface area contributed by atoms with Crippen molar-refractivity contribution in [2.24, 2.45) is 0 Å². The molecule has 0 aliphatic rings. The van der Waals surface area contributed by atoms with Crippen molar-refractivity contribution in [3.05, 3.63) is 0 Å².